The van der Waals surface area contributed by atoms with Gasteiger partial charge in [0.25, 0.3) is 0 Å². The number of benzene rings is 1. The van der Waals surface area contributed by atoms with Crippen LogP contribution >= 0.6 is 11.3 Å². The van der Waals surface area contributed by atoms with Crippen molar-refractivity contribution in [1.29, 1.82) is 0 Å². The molecule has 3 aromatic rings. The number of carbonyl (C=O) groups is 2. The van der Waals surface area contributed by atoms with Crippen molar-refractivity contribution < 1.29 is 23.8 Å². The fourth-order valence-corrected chi connectivity index (χ4v) is 7.16. The number of hydrogen-bond acceptors (Lipinski definition) is 9. The Balaban J connectivity index is 1.29. The minimum Gasteiger partial charge on any atom is -0.493 e. The van der Waals surface area contributed by atoms with Crippen molar-refractivity contribution in [3.63, 3.8) is 0 Å². The van der Waals surface area contributed by atoms with Crippen molar-refractivity contribution in [1.82, 2.24) is 10.3 Å². The summed E-state index contributed by atoms with van der Waals surface area (Å²) in [6.07, 6.45) is 7.28. The SMILES string of the molecule is COc1cc2c(c(OC)c1OC)-c1ccc(NCCCCCC(=O)Nc3nc4c(s3)CCC4)c(=O)cc1[C@H](NC(C)=O)CC2. The van der Waals surface area contributed by atoms with Crippen molar-refractivity contribution in [2.24, 2.45) is 0 Å². The quantitative estimate of drug-likeness (QED) is 0.229. The van der Waals surface area contributed by atoms with E-state index in [0.717, 1.165) is 66.5 Å². The lowest BCUT2D eigenvalue weighted by Gasteiger charge is -2.19. The third-order valence-electron chi connectivity index (χ3n) is 8.15. The van der Waals surface area contributed by atoms with Crippen LogP contribution in [0.3, 0.4) is 0 Å². The maximum Gasteiger partial charge on any atom is 0.226 e. The number of nitrogens with zero attached hydrogens (tertiary/aromatic N) is 1. The lowest BCUT2D eigenvalue weighted by atomic mass is 9.95. The van der Waals surface area contributed by atoms with Gasteiger partial charge in [0.1, 0.15) is 0 Å². The Kier molecular flexibility index (Phi) is 10.0. The van der Waals surface area contributed by atoms with Crippen LogP contribution in [0.4, 0.5) is 10.8 Å². The second-order valence-electron chi connectivity index (χ2n) is 11.1. The largest absolute Gasteiger partial charge is 0.493 e. The molecule has 0 aliphatic heterocycles. The molecule has 3 N–H and O–H groups in total. The Morgan fingerprint density at radius 2 is 1.82 bits per heavy atom. The van der Waals surface area contributed by atoms with Crippen molar-refractivity contribution >= 4 is 34.0 Å². The van der Waals surface area contributed by atoms with Crippen LogP contribution in [0.2, 0.25) is 0 Å². The van der Waals surface area contributed by atoms with Crippen LogP contribution in [0.5, 0.6) is 17.2 Å². The van der Waals surface area contributed by atoms with Gasteiger partial charge in [0.05, 0.1) is 38.8 Å². The zero-order valence-electron chi connectivity index (χ0n) is 25.8. The van der Waals surface area contributed by atoms with E-state index in [4.69, 9.17) is 14.2 Å². The van der Waals surface area contributed by atoms with Gasteiger partial charge >= 0.3 is 0 Å². The van der Waals surface area contributed by atoms with Crippen molar-refractivity contribution in [2.45, 2.75) is 70.8 Å². The topological polar surface area (TPSA) is 128 Å². The summed E-state index contributed by atoms with van der Waals surface area (Å²) in [6.45, 7) is 2.07. The molecule has 0 unspecified atom stereocenters. The molecule has 11 heteroatoms. The van der Waals surface area contributed by atoms with E-state index in [2.05, 4.69) is 20.9 Å². The van der Waals surface area contributed by atoms with E-state index in [9.17, 15) is 14.4 Å². The fourth-order valence-electron chi connectivity index (χ4n) is 6.09. The number of thiazole rings is 1. The predicted octanol–water partition coefficient (Wildman–Crippen LogP) is 5.42. The smallest absolute Gasteiger partial charge is 0.226 e. The van der Waals surface area contributed by atoms with Crippen molar-refractivity contribution in [3.05, 3.63) is 56.2 Å². The molecule has 0 fully saturated rings. The molecule has 44 heavy (non-hydrogen) atoms. The number of fused-ring (bicyclic) bond motifs is 4. The second-order valence-corrected chi connectivity index (χ2v) is 12.2. The van der Waals surface area contributed by atoms with Gasteiger partial charge in [-0.2, -0.15) is 0 Å². The fraction of sp³-hybridized carbons (Fsp3) is 0.455. The van der Waals surface area contributed by atoms with Crippen LogP contribution in [-0.4, -0.2) is 44.7 Å². The van der Waals surface area contributed by atoms with Crippen LogP contribution in [0.15, 0.2) is 29.1 Å². The van der Waals surface area contributed by atoms with Gasteiger partial charge in [0.2, 0.25) is 23.0 Å². The number of aromatic nitrogens is 1. The molecule has 1 aromatic heterocycles. The van der Waals surface area contributed by atoms with E-state index in [1.807, 2.05) is 12.1 Å². The minimum atomic E-state index is -0.360. The first kappa shape index (κ1) is 31.3. The molecule has 2 aromatic carbocycles. The molecule has 0 saturated heterocycles. The highest BCUT2D eigenvalue weighted by molar-refractivity contribution is 7.15. The summed E-state index contributed by atoms with van der Waals surface area (Å²) in [4.78, 5) is 43.8. The molecule has 5 rings (SSSR count). The molecule has 2 amide bonds. The van der Waals surface area contributed by atoms with Gasteiger partial charge < -0.3 is 30.2 Å². The summed E-state index contributed by atoms with van der Waals surface area (Å²) in [5, 5.41) is 9.96. The number of aryl methyl sites for hydroxylation is 3. The zero-order chi connectivity index (χ0) is 31.2. The third-order valence-corrected chi connectivity index (χ3v) is 9.23. The number of amides is 2. The Morgan fingerprint density at radius 1 is 1.00 bits per heavy atom. The third kappa shape index (κ3) is 6.83. The summed E-state index contributed by atoms with van der Waals surface area (Å²) >= 11 is 1.59. The van der Waals surface area contributed by atoms with E-state index in [1.54, 1.807) is 44.8 Å². The first-order valence-electron chi connectivity index (χ1n) is 15.1. The van der Waals surface area contributed by atoms with E-state index >= 15 is 0 Å². The van der Waals surface area contributed by atoms with Gasteiger partial charge in [0, 0.05) is 30.3 Å². The van der Waals surface area contributed by atoms with Crippen LogP contribution in [-0.2, 0) is 28.9 Å². The van der Waals surface area contributed by atoms with Crippen LogP contribution in [0, 0.1) is 0 Å². The number of nitrogens with one attached hydrogen (secondary N) is 3. The van der Waals surface area contributed by atoms with Gasteiger partial charge in [-0.3, -0.25) is 14.4 Å². The molecular formula is C33H40N4O6S. The summed E-state index contributed by atoms with van der Waals surface area (Å²) in [5.74, 6) is 1.35. The molecule has 0 radical (unpaired) electrons. The molecule has 0 bridgehead atoms. The Morgan fingerprint density at radius 3 is 2.55 bits per heavy atom. The average molecular weight is 621 g/mol. The number of hydrogen-bond donors (Lipinski definition) is 3. The highest BCUT2D eigenvalue weighted by Gasteiger charge is 2.29. The van der Waals surface area contributed by atoms with Gasteiger partial charge in [-0.15, -0.1) is 11.3 Å². The average Bonchev–Trinajstić information content (AvgIpc) is 3.51. The van der Waals surface area contributed by atoms with Gasteiger partial charge in [-0.05, 0) is 79.8 Å². The van der Waals surface area contributed by atoms with Crippen LogP contribution in [0.1, 0.15) is 73.2 Å². The van der Waals surface area contributed by atoms with Gasteiger partial charge in [-0.25, -0.2) is 4.98 Å². The van der Waals surface area contributed by atoms with Crippen LogP contribution in [0.25, 0.3) is 11.1 Å². The summed E-state index contributed by atoms with van der Waals surface area (Å²) in [7, 11) is 4.72. The molecule has 1 atom stereocenters. The maximum absolute atomic E-state index is 13.5. The molecule has 234 valence electrons. The highest BCUT2D eigenvalue weighted by Crippen LogP contribution is 2.50. The lowest BCUT2D eigenvalue weighted by Crippen LogP contribution is -2.26. The Hall–Kier alpha value is -4.12. The highest BCUT2D eigenvalue weighted by atomic mass is 32.1. The zero-order valence-corrected chi connectivity index (χ0v) is 26.6. The van der Waals surface area contributed by atoms with E-state index in [1.165, 1.54) is 11.8 Å². The number of unbranched alkanes of at least 4 members (excludes halogenated alkanes) is 2. The lowest BCUT2D eigenvalue weighted by molar-refractivity contribution is -0.119. The van der Waals surface area contributed by atoms with Gasteiger partial charge in [0.15, 0.2) is 16.6 Å². The van der Waals surface area contributed by atoms with E-state index < -0.39 is 0 Å². The van der Waals surface area contributed by atoms with Crippen molar-refractivity contribution in [3.8, 4) is 28.4 Å². The minimum absolute atomic E-state index is 0.0116. The normalized spacial score (nSPS) is 14.9. The molecule has 10 nitrogen and oxygen atoms in total. The molecular weight excluding hydrogens is 580 g/mol. The van der Waals surface area contributed by atoms with Crippen LogP contribution < -0.4 is 35.6 Å². The predicted molar refractivity (Wildman–Crippen MR) is 172 cm³/mol. The first-order chi connectivity index (χ1) is 21.3. The second kappa shape index (κ2) is 14.1. The molecule has 2 aliphatic rings. The molecule has 2 aliphatic carbocycles. The first-order valence-corrected chi connectivity index (χ1v) is 15.9. The molecule has 1 heterocycles. The van der Waals surface area contributed by atoms with Gasteiger partial charge in [-0.1, -0.05) is 12.5 Å². The number of rotatable bonds is 12. The van der Waals surface area contributed by atoms with E-state index in [-0.39, 0.29) is 23.3 Å². The standard InChI is InChI=1S/C33H40N4O6S/c1-19(38)35-23-14-12-20-17-27(41-2)31(42-3)32(43-4)30(20)21-13-15-24(26(39)18-22(21)23)34-16-7-5-6-11-29(40)37-33-36-25-9-8-10-28(25)44-33/h13,15,17-18,23H,5-12,14,16H2,1-4H3,(H,34,39)(H,35,38)(H,36,37,40)/t23-/m1/s1. The molecule has 0 spiro atoms. The van der Waals surface area contributed by atoms with Crippen molar-refractivity contribution in [2.75, 3.05) is 38.5 Å². The number of methoxy groups -OCH3 is 3. The molecule has 0 saturated carbocycles. The number of anilines is 2. The summed E-state index contributed by atoms with van der Waals surface area (Å²) in [6, 6.07) is 6.88. The monoisotopic (exact) mass is 620 g/mol. The summed E-state index contributed by atoms with van der Waals surface area (Å²) in [5.41, 5.74) is 4.73. The van der Waals surface area contributed by atoms with E-state index in [0.29, 0.717) is 53.9 Å². The maximum atomic E-state index is 13.5. The Bertz CT molecular complexity index is 1580. The Labute approximate surface area is 261 Å². The number of carbonyl (C=O) groups excluding carboxylic acids is 2. The number of ether oxygens (including phenoxy) is 3. The summed E-state index contributed by atoms with van der Waals surface area (Å²) < 4.78 is 17.1.